The molecule has 1 aromatic heterocycles. The number of rotatable bonds is 6. The highest BCUT2D eigenvalue weighted by Gasteiger charge is 2.10. The molecule has 0 saturated heterocycles. The first kappa shape index (κ1) is 18.6. The molecule has 1 heterocycles. The number of aromatic nitrogens is 2. The Hall–Kier alpha value is -2.16. The monoisotopic (exact) mass is 408 g/mol. The van der Waals surface area contributed by atoms with Gasteiger partial charge in [-0.15, -0.1) is 10.2 Å². The summed E-state index contributed by atoms with van der Waals surface area (Å²) >= 11 is 8.52. The van der Waals surface area contributed by atoms with Crippen LogP contribution in [0.15, 0.2) is 46.8 Å². The number of thioether (sulfide) groups is 1. The Morgan fingerprint density at radius 2 is 2.00 bits per heavy atom. The van der Waals surface area contributed by atoms with Gasteiger partial charge >= 0.3 is 0 Å². The van der Waals surface area contributed by atoms with E-state index < -0.39 is 5.82 Å². The molecule has 0 saturated carbocycles. The van der Waals surface area contributed by atoms with Crippen LogP contribution < -0.4 is 10.6 Å². The number of benzene rings is 2. The first-order valence-corrected chi connectivity index (χ1v) is 9.72. The summed E-state index contributed by atoms with van der Waals surface area (Å²) in [5.74, 6) is -0.566. The molecule has 0 aliphatic heterocycles. The summed E-state index contributed by atoms with van der Waals surface area (Å²) < 4.78 is 13.7. The predicted octanol–water partition coefficient (Wildman–Crippen LogP) is 5.11. The minimum absolute atomic E-state index is 0.146. The molecule has 0 spiro atoms. The largest absolute Gasteiger partial charge is 0.330 e. The van der Waals surface area contributed by atoms with Crippen LogP contribution >= 0.6 is 34.7 Å². The van der Waals surface area contributed by atoms with Crippen LogP contribution in [0.2, 0.25) is 5.02 Å². The average Bonchev–Trinajstić information content (AvgIpc) is 3.05. The first-order chi connectivity index (χ1) is 12.5. The van der Waals surface area contributed by atoms with E-state index in [2.05, 4.69) is 20.8 Å². The van der Waals surface area contributed by atoms with Crippen molar-refractivity contribution in [1.29, 1.82) is 0 Å². The lowest BCUT2D eigenvalue weighted by molar-refractivity contribution is -0.113. The van der Waals surface area contributed by atoms with Crippen LogP contribution in [0.1, 0.15) is 5.56 Å². The van der Waals surface area contributed by atoms with Gasteiger partial charge in [0, 0.05) is 5.69 Å². The summed E-state index contributed by atoms with van der Waals surface area (Å²) in [5.41, 5.74) is 2.47. The van der Waals surface area contributed by atoms with Gasteiger partial charge in [-0.1, -0.05) is 52.4 Å². The number of hydrogen-bond donors (Lipinski definition) is 2. The van der Waals surface area contributed by atoms with Gasteiger partial charge in [-0.05, 0) is 37.3 Å². The summed E-state index contributed by atoms with van der Waals surface area (Å²) in [7, 11) is 0. The Balaban J connectivity index is 1.52. The van der Waals surface area contributed by atoms with Crippen LogP contribution in [-0.2, 0) is 4.79 Å². The molecule has 0 bridgehead atoms. The van der Waals surface area contributed by atoms with Crippen molar-refractivity contribution in [2.45, 2.75) is 11.3 Å². The Morgan fingerprint density at radius 1 is 1.23 bits per heavy atom. The molecule has 0 aliphatic rings. The van der Waals surface area contributed by atoms with Crippen molar-refractivity contribution >= 4 is 57.1 Å². The van der Waals surface area contributed by atoms with Gasteiger partial charge in [0.1, 0.15) is 5.82 Å². The van der Waals surface area contributed by atoms with Gasteiger partial charge in [-0.25, -0.2) is 4.39 Å². The van der Waals surface area contributed by atoms with Crippen LogP contribution in [0.25, 0.3) is 0 Å². The third kappa shape index (κ3) is 5.17. The van der Waals surface area contributed by atoms with E-state index in [0.717, 1.165) is 11.8 Å². The predicted molar refractivity (Wildman–Crippen MR) is 105 cm³/mol. The van der Waals surface area contributed by atoms with Crippen molar-refractivity contribution in [3.8, 4) is 0 Å². The Bertz CT molecular complexity index is 917. The maximum absolute atomic E-state index is 13.0. The first-order valence-electron chi connectivity index (χ1n) is 7.54. The molecule has 0 aliphatic carbocycles. The van der Waals surface area contributed by atoms with Crippen molar-refractivity contribution in [3.63, 3.8) is 0 Å². The fraction of sp³-hybridized carbons (Fsp3) is 0.118. The van der Waals surface area contributed by atoms with E-state index in [4.69, 9.17) is 11.6 Å². The van der Waals surface area contributed by atoms with E-state index in [1.165, 1.54) is 40.8 Å². The van der Waals surface area contributed by atoms with Crippen molar-refractivity contribution < 1.29 is 9.18 Å². The van der Waals surface area contributed by atoms with Gasteiger partial charge in [0.15, 0.2) is 4.34 Å². The molecule has 3 aromatic rings. The van der Waals surface area contributed by atoms with Gasteiger partial charge in [0.25, 0.3) is 0 Å². The zero-order chi connectivity index (χ0) is 18.5. The molecule has 2 N–H and O–H groups in total. The van der Waals surface area contributed by atoms with Crippen LogP contribution in [0.5, 0.6) is 0 Å². The molecule has 9 heteroatoms. The van der Waals surface area contributed by atoms with E-state index >= 15 is 0 Å². The SMILES string of the molecule is Cc1ccc(Nc2nnc(SCC(=O)Nc3ccc(F)cc3Cl)s2)cc1. The second-order valence-electron chi connectivity index (χ2n) is 5.33. The maximum atomic E-state index is 13.0. The van der Waals surface area contributed by atoms with Gasteiger partial charge in [0.2, 0.25) is 11.0 Å². The maximum Gasteiger partial charge on any atom is 0.234 e. The number of hydrogen-bond acceptors (Lipinski definition) is 6. The third-order valence-corrected chi connectivity index (χ3v) is 5.53. The Kier molecular flexibility index (Phi) is 6.08. The highest BCUT2D eigenvalue weighted by Crippen LogP contribution is 2.28. The number of aryl methyl sites for hydroxylation is 1. The molecule has 0 unspecified atom stereocenters. The number of anilines is 3. The average molecular weight is 409 g/mol. The molecule has 0 fully saturated rings. The fourth-order valence-corrected chi connectivity index (χ4v) is 3.77. The highest BCUT2D eigenvalue weighted by molar-refractivity contribution is 8.01. The van der Waals surface area contributed by atoms with Crippen LogP contribution in [0.4, 0.5) is 20.9 Å². The molecular weight excluding hydrogens is 395 g/mol. The normalized spacial score (nSPS) is 10.6. The summed E-state index contributed by atoms with van der Waals surface area (Å²) in [4.78, 5) is 12.0. The number of nitrogens with one attached hydrogen (secondary N) is 2. The number of halogens is 2. The Morgan fingerprint density at radius 3 is 2.73 bits per heavy atom. The molecular formula is C17H14ClFN4OS2. The lowest BCUT2D eigenvalue weighted by Gasteiger charge is -2.06. The third-order valence-electron chi connectivity index (χ3n) is 3.24. The van der Waals surface area contributed by atoms with Crippen LogP contribution in [0.3, 0.4) is 0 Å². The number of carbonyl (C=O) groups excluding carboxylic acids is 1. The molecule has 26 heavy (non-hydrogen) atoms. The highest BCUT2D eigenvalue weighted by atomic mass is 35.5. The fourth-order valence-electron chi connectivity index (χ4n) is 1.98. The molecule has 3 rings (SSSR count). The molecule has 134 valence electrons. The topological polar surface area (TPSA) is 66.9 Å². The second-order valence-corrected chi connectivity index (χ2v) is 7.93. The number of nitrogens with zero attached hydrogens (tertiary/aromatic N) is 2. The zero-order valence-corrected chi connectivity index (χ0v) is 16.0. The van der Waals surface area contributed by atoms with Crippen molar-refractivity contribution in [2.24, 2.45) is 0 Å². The minimum atomic E-state index is -0.454. The quantitative estimate of drug-likeness (QED) is 0.554. The van der Waals surface area contributed by atoms with Crippen molar-refractivity contribution in [2.75, 3.05) is 16.4 Å². The van der Waals surface area contributed by atoms with Crippen molar-refractivity contribution in [3.05, 3.63) is 58.9 Å². The standard InChI is InChI=1S/C17H14ClFN4OS2/c1-10-2-5-12(6-3-10)20-16-22-23-17(26-16)25-9-15(24)21-14-7-4-11(19)8-13(14)18/h2-8H,9H2,1H3,(H,20,22)(H,21,24). The number of carbonyl (C=O) groups is 1. The van der Waals surface area contributed by atoms with E-state index in [9.17, 15) is 9.18 Å². The molecule has 1 amide bonds. The van der Waals surface area contributed by atoms with E-state index in [1.807, 2.05) is 31.2 Å². The van der Waals surface area contributed by atoms with E-state index in [-0.39, 0.29) is 16.7 Å². The van der Waals surface area contributed by atoms with Gasteiger partial charge < -0.3 is 10.6 Å². The molecule has 2 aromatic carbocycles. The van der Waals surface area contributed by atoms with Crippen molar-refractivity contribution in [1.82, 2.24) is 10.2 Å². The molecule has 5 nitrogen and oxygen atoms in total. The lowest BCUT2D eigenvalue weighted by atomic mass is 10.2. The van der Waals surface area contributed by atoms with Crippen LogP contribution in [-0.4, -0.2) is 21.9 Å². The van der Waals surface area contributed by atoms with Gasteiger partial charge in [0.05, 0.1) is 16.5 Å². The van der Waals surface area contributed by atoms with E-state index in [0.29, 0.717) is 15.2 Å². The lowest BCUT2D eigenvalue weighted by Crippen LogP contribution is -2.14. The van der Waals surface area contributed by atoms with E-state index in [1.54, 1.807) is 0 Å². The summed E-state index contributed by atoms with van der Waals surface area (Å²) in [6.45, 7) is 2.02. The zero-order valence-electron chi connectivity index (χ0n) is 13.6. The van der Waals surface area contributed by atoms with Gasteiger partial charge in [-0.3, -0.25) is 4.79 Å². The summed E-state index contributed by atoms with van der Waals surface area (Å²) in [6, 6.07) is 11.7. The smallest absolute Gasteiger partial charge is 0.234 e. The summed E-state index contributed by atoms with van der Waals surface area (Å²) in [6.07, 6.45) is 0. The molecule has 0 atom stereocenters. The molecule has 0 radical (unpaired) electrons. The second kappa shape index (κ2) is 8.48. The number of amides is 1. The Labute approximate surface area is 163 Å². The van der Waals surface area contributed by atoms with Crippen LogP contribution in [0, 0.1) is 12.7 Å². The summed E-state index contributed by atoms with van der Waals surface area (Å²) in [5, 5.41) is 14.7. The minimum Gasteiger partial charge on any atom is -0.330 e. The van der Waals surface area contributed by atoms with Gasteiger partial charge in [-0.2, -0.15) is 0 Å².